The molecule has 0 aromatic carbocycles. The number of anilines is 1. The van der Waals surface area contributed by atoms with Crippen LogP contribution in [0.2, 0.25) is 0 Å². The fourth-order valence-corrected chi connectivity index (χ4v) is 4.78. The number of rotatable bonds is 10. The first-order valence-corrected chi connectivity index (χ1v) is 11.6. The quantitative estimate of drug-likeness (QED) is 0.289. The van der Waals surface area contributed by atoms with Gasteiger partial charge in [0.25, 0.3) is 7.52 Å². The number of hydrogen-bond acceptors (Lipinski definition) is 9. The van der Waals surface area contributed by atoms with E-state index < -0.39 is 19.9 Å². The van der Waals surface area contributed by atoms with E-state index in [1.165, 1.54) is 6.33 Å². The normalized spacial score (nSPS) is 24.6. The van der Waals surface area contributed by atoms with Gasteiger partial charge in [0.1, 0.15) is 24.3 Å². The molecule has 0 spiro atoms. The minimum atomic E-state index is -3.23. The Balaban J connectivity index is 1.48. The predicted octanol–water partition coefficient (Wildman–Crippen LogP) is 1.48. The number of ether oxygens (including phenoxy) is 2. The van der Waals surface area contributed by atoms with Gasteiger partial charge in [0.15, 0.2) is 17.8 Å². The van der Waals surface area contributed by atoms with Gasteiger partial charge in [-0.05, 0) is 13.3 Å². The van der Waals surface area contributed by atoms with Crippen molar-refractivity contribution in [1.29, 1.82) is 0 Å². The standard InChI is InChI=1S/C17H29N6O5P/c1-3-4-5-6-26-17(24)12(2)22-29(25)11-27-13(8-28-29)7-23-10-21-14-15(18)19-9-20-16(14)23/h9-10,12-13,17,24H,3-8,11H2,1-2H3,(H,22,25)(H2,18,19,20)/t12-,13-,17?,29?/m0/s1. The Kier molecular flexibility index (Phi) is 7.55. The molecule has 29 heavy (non-hydrogen) atoms. The lowest BCUT2D eigenvalue weighted by molar-refractivity contribution is -0.114. The molecule has 3 rings (SSSR count). The van der Waals surface area contributed by atoms with E-state index in [1.807, 2.05) is 0 Å². The van der Waals surface area contributed by atoms with Crippen molar-refractivity contribution >= 4 is 24.5 Å². The lowest BCUT2D eigenvalue weighted by atomic mass is 10.3. The number of nitrogens with two attached hydrogens (primary N) is 1. The third kappa shape index (κ3) is 5.71. The number of aliphatic hydroxyl groups excluding tert-OH is 1. The Hall–Kier alpha value is -1.62. The van der Waals surface area contributed by atoms with Crippen molar-refractivity contribution in [2.24, 2.45) is 0 Å². The second-order valence-electron chi connectivity index (χ2n) is 7.10. The van der Waals surface area contributed by atoms with E-state index in [9.17, 15) is 9.67 Å². The highest BCUT2D eigenvalue weighted by Crippen LogP contribution is 2.46. The molecule has 12 heteroatoms. The molecule has 2 aromatic heterocycles. The monoisotopic (exact) mass is 428 g/mol. The van der Waals surface area contributed by atoms with Gasteiger partial charge in [0, 0.05) is 6.61 Å². The summed E-state index contributed by atoms with van der Waals surface area (Å²) in [5, 5.41) is 12.9. The molecule has 1 aliphatic heterocycles. The zero-order valence-electron chi connectivity index (χ0n) is 16.7. The molecule has 0 bridgehead atoms. The van der Waals surface area contributed by atoms with Gasteiger partial charge in [0.2, 0.25) is 0 Å². The van der Waals surface area contributed by atoms with Crippen LogP contribution in [0.15, 0.2) is 12.7 Å². The zero-order chi connectivity index (χ0) is 20.9. The van der Waals surface area contributed by atoms with Crippen LogP contribution in [-0.4, -0.2) is 62.6 Å². The van der Waals surface area contributed by atoms with Crippen LogP contribution < -0.4 is 10.8 Å². The molecule has 162 valence electrons. The SMILES string of the molecule is CCCCCOC(O)[C@H](C)NP1(=O)CO[C@@H](Cn2cnc3c(N)ncnc32)CO1. The van der Waals surface area contributed by atoms with Crippen molar-refractivity contribution in [2.45, 2.75) is 58.1 Å². The van der Waals surface area contributed by atoms with E-state index in [1.54, 1.807) is 17.8 Å². The molecule has 2 aromatic rings. The van der Waals surface area contributed by atoms with Crippen LogP contribution in [0.3, 0.4) is 0 Å². The Morgan fingerprint density at radius 2 is 2.28 bits per heavy atom. The Morgan fingerprint density at radius 1 is 1.45 bits per heavy atom. The lowest BCUT2D eigenvalue weighted by Crippen LogP contribution is -2.41. The minimum Gasteiger partial charge on any atom is -0.382 e. The van der Waals surface area contributed by atoms with Crippen LogP contribution in [-0.2, 0) is 25.1 Å². The molecule has 0 aliphatic carbocycles. The van der Waals surface area contributed by atoms with Crippen LogP contribution in [0.1, 0.15) is 33.1 Å². The van der Waals surface area contributed by atoms with Gasteiger partial charge in [-0.15, -0.1) is 0 Å². The van der Waals surface area contributed by atoms with E-state index >= 15 is 0 Å². The maximum Gasteiger partial charge on any atom is 0.295 e. The number of nitrogens with one attached hydrogen (secondary N) is 1. The Bertz CT molecular complexity index is 837. The molecule has 11 nitrogen and oxygen atoms in total. The third-order valence-electron chi connectivity index (χ3n) is 4.64. The van der Waals surface area contributed by atoms with E-state index in [2.05, 4.69) is 27.0 Å². The van der Waals surface area contributed by atoms with Crippen LogP contribution in [0, 0.1) is 0 Å². The van der Waals surface area contributed by atoms with Gasteiger partial charge in [-0.3, -0.25) is 4.57 Å². The molecule has 3 heterocycles. The van der Waals surface area contributed by atoms with Gasteiger partial charge >= 0.3 is 0 Å². The summed E-state index contributed by atoms with van der Waals surface area (Å²) in [6.07, 6.45) is 4.48. The number of fused-ring (bicyclic) bond motifs is 1. The van der Waals surface area contributed by atoms with E-state index in [0.29, 0.717) is 30.1 Å². The molecule has 2 unspecified atom stereocenters. The molecule has 1 saturated heterocycles. The highest BCUT2D eigenvalue weighted by Gasteiger charge is 2.35. The summed E-state index contributed by atoms with van der Waals surface area (Å²) in [7, 11) is -3.23. The van der Waals surface area contributed by atoms with Crippen molar-refractivity contribution in [3.05, 3.63) is 12.7 Å². The summed E-state index contributed by atoms with van der Waals surface area (Å²) in [5.74, 6) is 0.313. The summed E-state index contributed by atoms with van der Waals surface area (Å²) >= 11 is 0. The van der Waals surface area contributed by atoms with Crippen molar-refractivity contribution in [3.63, 3.8) is 0 Å². The Labute approximate surface area is 169 Å². The molecule has 4 N–H and O–H groups in total. The van der Waals surface area contributed by atoms with Crippen molar-refractivity contribution in [1.82, 2.24) is 24.6 Å². The molecular formula is C17H29N6O5P. The average molecular weight is 428 g/mol. The molecule has 1 aliphatic rings. The van der Waals surface area contributed by atoms with Crippen LogP contribution >= 0.6 is 7.52 Å². The maximum absolute atomic E-state index is 12.8. The first-order valence-electron chi connectivity index (χ1n) is 9.76. The van der Waals surface area contributed by atoms with Gasteiger partial charge in [0.05, 0.1) is 25.5 Å². The first-order chi connectivity index (χ1) is 13.9. The number of nitrogens with zero attached hydrogens (tertiary/aromatic N) is 4. The predicted molar refractivity (Wildman–Crippen MR) is 107 cm³/mol. The molecule has 4 atom stereocenters. The fourth-order valence-electron chi connectivity index (χ4n) is 3.00. The van der Waals surface area contributed by atoms with Crippen molar-refractivity contribution < 1.29 is 23.7 Å². The molecule has 0 amide bonds. The van der Waals surface area contributed by atoms with Gasteiger partial charge < -0.3 is 29.4 Å². The van der Waals surface area contributed by atoms with E-state index in [4.69, 9.17) is 19.7 Å². The summed E-state index contributed by atoms with van der Waals surface area (Å²) in [6, 6.07) is -0.556. The number of hydrogen-bond donors (Lipinski definition) is 3. The second-order valence-corrected chi connectivity index (χ2v) is 9.22. The van der Waals surface area contributed by atoms with Crippen LogP contribution in [0.25, 0.3) is 11.2 Å². The number of aromatic nitrogens is 4. The first kappa shape index (κ1) is 22.1. The molecular weight excluding hydrogens is 399 g/mol. The lowest BCUT2D eigenvalue weighted by Gasteiger charge is -2.32. The fraction of sp³-hybridized carbons (Fsp3) is 0.706. The van der Waals surface area contributed by atoms with Crippen LogP contribution in [0.4, 0.5) is 5.82 Å². The number of aliphatic hydroxyl groups is 1. The summed E-state index contributed by atoms with van der Waals surface area (Å²) in [4.78, 5) is 12.3. The minimum absolute atomic E-state index is 0.103. The van der Waals surface area contributed by atoms with Gasteiger partial charge in [-0.2, -0.15) is 0 Å². The zero-order valence-corrected chi connectivity index (χ0v) is 17.6. The largest absolute Gasteiger partial charge is 0.382 e. The molecule has 1 fully saturated rings. The summed E-state index contributed by atoms with van der Waals surface area (Å²) in [6.45, 7) is 4.80. The molecule has 0 saturated carbocycles. The third-order valence-corrected chi connectivity index (χ3v) is 6.50. The van der Waals surface area contributed by atoms with Crippen molar-refractivity contribution in [2.75, 3.05) is 25.3 Å². The van der Waals surface area contributed by atoms with Gasteiger partial charge in [-0.1, -0.05) is 19.8 Å². The van der Waals surface area contributed by atoms with Crippen LogP contribution in [0.5, 0.6) is 0 Å². The Morgan fingerprint density at radius 3 is 3.00 bits per heavy atom. The topological polar surface area (TPSA) is 147 Å². The molecule has 0 radical (unpaired) electrons. The van der Waals surface area contributed by atoms with E-state index in [-0.39, 0.29) is 19.1 Å². The smallest absolute Gasteiger partial charge is 0.295 e. The van der Waals surface area contributed by atoms with E-state index in [0.717, 1.165) is 19.3 Å². The number of nitrogen functional groups attached to an aromatic ring is 1. The number of unbranched alkanes of at least 4 members (excludes halogenated alkanes) is 2. The van der Waals surface area contributed by atoms with Crippen molar-refractivity contribution in [3.8, 4) is 0 Å². The second kappa shape index (κ2) is 9.92. The van der Waals surface area contributed by atoms with Gasteiger partial charge in [-0.25, -0.2) is 20.0 Å². The summed E-state index contributed by atoms with van der Waals surface area (Å²) in [5.41, 5.74) is 6.92. The average Bonchev–Trinajstić information content (AvgIpc) is 3.11. The highest BCUT2D eigenvalue weighted by atomic mass is 31.2. The highest BCUT2D eigenvalue weighted by molar-refractivity contribution is 7.56. The summed E-state index contributed by atoms with van der Waals surface area (Å²) < 4.78 is 31.4. The maximum atomic E-state index is 12.8. The number of imidazole rings is 1.